The number of benzene rings is 3. The van der Waals surface area contributed by atoms with Crippen LogP contribution in [-0.4, -0.2) is 37.3 Å². The number of hydrogen-bond donors (Lipinski definition) is 0. The summed E-state index contributed by atoms with van der Waals surface area (Å²) in [5.74, 6) is 1.26. The number of methoxy groups -OCH3 is 1. The van der Waals surface area contributed by atoms with Gasteiger partial charge < -0.3 is 14.2 Å². The molecule has 0 bridgehead atoms. The molecule has 6 heteroatoms. The van der Waals surface area contributed by atoms with Crippen LogP contribution in [-0.2, 0) is 9.57 Å². The maximum atomic E-state index is 13.0. The summed E-state index contributed by atoms with van der Waals surface area (Å²) >= 11 is 0. The van der Waals surface area contributed by atoms with E-state index in [-0.39, 0.29) is 18.6 Å². The average molecular weight is 405 g/mol. The molecule has 0 spiro atoms. The van der Waals surface area contributed by atoms with Crippen LogP contribution in [0.3, 0.4) is 0 Å². The minimum Gasteiger partial charge on any atom is -0.497 e. The van der Waals surface area contributed by atoms with Crippen molar-refractivity contribution in [3.05, 3.63) is 96.1 Å². The molecule has 4 rings (SSSR count). The predicted molar refractivity (Wildman–Crippen MR) is 111 cm³/mol. The lowest BCUT2D eigenvalue weighted by molar-refractivity contribution is -0.325. The molecule has 1 saturated heterocycles. The number of rotatable bonds is 6. The van der Waals surface area contributed by atoms with Crippen molar-refractivity contribution in [2.45, 2.75) is 12.4 Å². The molecular weight excluding hydrogens is 382 g/mol. The SMILES string of the molecule is COc1ccc([C@@H]2O[C@H](COc3ccccc3)CN(C(=O)c3ccccc3)O2)cc1. The first kappa shape index (κ1) is 19.9. The van der Waals surface area contributed by atoms with E-state index in [2.05, 4.69) is 0 Å². The third kappa shape index (κ3) is 4.79. The number of carbonyl (C=O) groups excluding carboxylic acids is 1. The first-order chi connectivity index (χ1) is 14.7. The Bertz CT molecular complexity index is 946. The Morgan fingerprint density at radius 2 is 1.60 bits per heavy atom. The Balaban J connectivity index is 1.52. The van der Waals surface area contributed by atoms with Gasteiger partial charge >= 0.3 is 0 Å². The van der Waals surface area contributed by atoms with Gasteiger partial charge in [-0.1, -0.05) is 48.5 Å². The highest BCUT2D eigenvalue weighted by Crippen LogP contribution is 2.29. The Kier molecular flexibility index (Phi) is 6.27. The van der Waals surface area contributed by atoms with E-state index >= 15 is 0 Å². The Morgan fingerprint density at radius 1 is 0.933 bits per heavy atom. The van der Waals surface area contributed by atoms with E-state index in [0.29, 0.717) is 12.2 Å². The van der Waals surface area contributed by atoms with Crippen molar-refractivity contribution in [1.29, 1.82) is 0 Å². The van der Waals surface area contributed by atoms with Gasteiger partial charge in [-0.05, 0) is 36.4 Å². The second-order valence-electron chi connectivity index (χ2n) is 6.82. The van der Waals surface area contributed by atoms with Crippen molar-refractivity contribution in [2.24, 2.45) is 0 Å². The Labute approximate surface area is 175 Å². The second kappa shape index (κ2) is 9.43. The zero-order chi connectivity index (χ0) is 20.8. The molecular formula is C24H23NO5. The third-order valence-electron chi connectivity index (χ3n) is 4.72. The fraction of sp³-hybridized carbons (Fsp3) is 0.208. The van der Waals surface area contributed by atoms with Crippen molar-refractivity contribution in [3.8, 4) is 11.5 Å². The van der Waals surface area contributed by atoms with E-state index in [9.17, 15) is 4.79 Å². The molecule has 1 aliphatic heterocycles. The maximum Gasteiger partial charge on any atom is 0.277 e. The molecule has 6 nitrogen and oxygen atoms in total. The van der Waals surface area contributed by atoms with Crippen LogP contribution in [0.25, 0.3) is 0 Å². The van der Waals surface area contributed by atoms with Gasteiger partial charge in [-0.2, -0.15) is 0 Å². The fourth-order valence-electron chi connectivity index (χ4n) is 3.14. The molecule has 1 fully saturated rings. The molecule has 0 radical (unpaired) electrons. The molecule has 1 aliphatic rings. The Hall–Kier alpha value is -3.35. The molecule has 0 aromatic heterocycles. The summed E-state index contributed by atoms with van der Waals surface area (Å²) in [6.45, 7) is 0.547. The summed E-state index contributed by atoms with van der Waals surface area (Å²) in [5.41, 5.74) is 1.33. The van der Waals surface area contributed by atoms with Gasteiger partial charge in [0.25, 0.3) is 5.91 Å². The Morgan fingerprint density at radius 3 is 2.27 bits per heavy atom. The number of hydroxylamine groups is 2. The van der Waals surface area contributed by atoms with Gasteiger partial charge in [0.05, 0.1) is 13.7 Å². The van der Waals surface area contributed by atoms with Crippen molar-refractivity contribution in [1.82, 2.24) is 5.06 Å². The van der Waals surface area contributed by atoms with Crippen molar-refractivity contribution in [3.63, 3.8) is 0 Å². The first-order valence-electron chi connectivity index (χ1n) is 9.74. The van der Waals surface area contributed by atoms with E-state index in [1.165, 1.54) is 5.06 Å². The maximum absolute atomic E-state index is 13.0. The molecule has 3 aromatic rings. The summed E-state index contributed by atoms with van der Waals surface area (Å²) in [6, 6.07) is 25.9. The van der Waals surface area contributed by atoms with E-state index in [0.717, 1.165) is 17.1 Å². The van der Waals surface area contributed by atoms with Gasteiger partial charge in [-0.15, -0.1) is 0 Å². The van der Waals surface area contributed by atoms with Gasteiger partial charge in [-0.25, -0.2) is 9.90 Å². The molecule has 0 unspecified atom stereocenters. The lowest BCUT2D eigenvalue weighted by Gasteiger charge is -2.37. The van der Waals surface area contributed by atoms with E-state index in [4.69, 9.17) is 19.0 Å². The van der Waals surface area contributed by atoms with Gasteiger partial charge in [0.1, 0.15) is 24.2 Å². The molecule has 2 atom stereocenters. The molecule has 3 aromatic carbocycles. The summed E-state index contributed by atoms with van der Waals surface area (Å²) in [5, 5.41) is 1.35. The minimum absolute atomic E-state index is 0.220. The molecule has 1 heterocycles. The van der Waals surface area contributed by atoms with Gasteiger partial charge in [0.15, 0.2) is 0 Å². The van der Waals surface area contributed by atoms with Crippen molar-refractivity contribution < 1.29 is 23.8 Å². The van der Waals surface area contributed by atoms with Crippen LogP contribution in [0.4, 0.5) is 0 Å². The molecule has 30 heavy (non-hydrogen) atoms. The highest BCUT2D eigenvalue weighted by molar-refractivity contribution is 5.93. The van der Waals surface area contributed by atoms with Gasteiger partial charge in [-0.3, -0.25) is 4.79 Å². The number of para-hydroxylation sites is 1. The van der Waals surface area contributed by atoms with E-state index < -0.39 is 6.29 Å². The highest BCUT2D eigenvalue weighted by Gasteiger charge is 2.33. The first-order valence-corrected chi connectivity index (χ1v) is 9.74. The van der Waals surface area contributed by atoms with E-state index in [1.807, 2.05) is 72.8 Å². The zero-order valence-corrected chi connectivity index (χ0v) is 16.6. The van der Waals surface area contributed by atoms with Crippen molar-refractivity contribution >= 4 is 5.91 Å². The molecule has 0 aliphatic carbocycles. The van der Waals surface area contributed by atoms with Crippen LogP contribution in [0.1, 0.15) is 22.2 Å². The number of hydrogen-bond acceptors (Lipinski definition) is 5. The topological polar surface area (TPSA) is 57.2 Å². The van der Waals surface area contributed by atoms with E-state index in [1.54, 1.807) is 19.2 Å². The minimum atomic E-state index is -0.735. The zero-order valence-electron chi connectivity index (χ0n) is 16.6. The smallest absolute Gasteiger partial charge is 0.277 e. The summed E-state index contributed by atoms with van der Waals surface area (Å²) in [6.07, 6.45) is -1.10. The number of carbonyl (C=O) groups is 1. The van der Waals surface area contributed by atoms with Gasteiger partial charge in [0, 0.05) is 11.1 Å². The van der Waals surface area contributed by atoms with Crippen LogP contribution in [0.2, 0.25) is 0 Å². The number of ether oxygens (including phenoxy) is 3. The molecule has 0 saturated carbocycles. The second-order valence-corrected chi connectivity index (χ2v) is 6.82. The van der Waals surface area contributed by atoms with Crippen LogP contribution in [0.15, 0.2) is 84.9 Å². The third-order valence-corrected chi connectivity index (χ3v) is 4.72. The summed E-state index contributed by atoms with van der Waals surface area (Å²) in [4.78, 5) is 18.9. The fourth-order valence-corrected chi connectivity index (χ4v) is 3.14. The normalized spacial score (nSPS) is 18.6. The monoisotopic (exact) mass is 405 g/mol. The van der Waals surface area contributed by atoms with Crippen molar-refractivity contribution in [2.75, 3.05) is 20.3 Å². The lowest BCUT2D eigenvalue weighted by Crippen LogP contribution is -2.47. The number of amides is 1. The van der Waals surface area contributed by atoms with Crippen LogP contribution in [0.5, 0.6) is 11.5 Å². The van der Waals surface area contributed by atoms with Crippen LogP contribution >= 0.6 is 0 Å². The highest BCUT2D eigenvalue weighted by atomic mass is 16.8. The molecule has 154 valence electrons. The lowest BCUT2D eigenvalue weighted by atomic mass is 10.2. The summed E-state index contributed by atoms with van der Waals surface area (Å²) in [7, 11) is 1.61. The van der Waals surface area contributed by atoms with Crippen LogP contribution in [0, 0.1) is 0 Å². The molecule has 1 amide bonds. The number of nitrogens with zero attached hydrogens (tertiary/aromatic N) is 1. The van der Waals surface area contributed by atoms with Gasteiger partial charge in [0.2, 0.25) is 6.29 Å². The average Bonchev–Trinajstić information content (AvgIpc) is 2.83. The molecule has 0 N–H and O–H groups in total. The summed E-state index contributed by atoms with van der Waals surface area (Å²) < 4.78 is 17.2. The largest absolute Gasteiger partial charge is 0.497 e. The standard InChI is InChI=1S/C24H23NO5/c1-27-20-14-12-19(13-15-20)24-29-22(17-28-21-10-6-3-7-11-21)16-25(30-24)23(26)18-8-4-2-5-9-18/h2-15,22,24H,16-17H2,1H3/t22-,24+/m0/s1. The van der Waals surface area contributed by atoms with Crippen LogP contribution < -0.4 is 9.47 Å². The predicted octanol–water partition coefficient (Wildman–Crippen LogP) is 4.25. The quantitative estimate of drug-likeness (QED) is 0.614.